The lowest BCUT2D eigenvalue weighted by atomic mass is 9.84. The van der Waals surface area contributed by atoms with Gasteiger partial charge in [-0.15, -0.1) is 0 Å². The SMILES string of the molecule is CC(C)(C)C1NCC[C@H]1OCCO. The Morgan fingerprint density at radius 1 is 1.46 bits per heavy atom. The van der Waals surface area contributed by atoms with Crippen LogP contribution in [0.1, 0.15) is 27.2 Å². The first-order valence-electron chi connectivity index (χ1n) is 5.01. The van der Waals surface area contributed by atoms with E-state index in [0.717, 1.165) is 13.0 Å². The highest BCUT2D eigenvalue weighted by molar-refractivity contribution is 4.92. The van der Waals surface area contributed by atoms with E-state index < -0.39 is 0 Å². The van der Waals surface area contributed by atoms with Crippen molar-refractivity contribution in [3.8, 4) is 0 Å². The normalized spacial score (nSPS) is 29.5. The predicted molar refractivity (Wildman–Crippen MR) is 52.7 cm³/mol. The lowest BCUT2D eigenvalue weighted by molar-refractivity contribution is 0.00128. The van der Waals surface area contributed by atoms with Crippen LogP contribution >= 0.6 is 0 Å². The fourth-order valence-corrected chi connectivity index (χ4v) is 1.93. The number of hydrogen-bond donors (Lipinski definition) is 2. The highest BCUT2D eigenvalue weighted by atomic mass is 16.5. The van der Waals surface area contributed by atoms with Gasteiger partial charge >= 0.3 is 0 Å². The first-order valence-corrected chi connectivity index (χ1v) is 5.01. The van der Waals surface area contributed by atoms with E-state index >= 15 is 0 Å². The quantitative estimate of drug-likeness (QED) is 0.686. The van der Waals surface area contributed by atoms with Crippen LogP contribution in [0.3, 0.4) is 0 Å². The van der Waals surface area contributed by atoms with Crippen LogP contribution in [0.2, 0.25) is 0 Å². The summed E-state index contributed by atoms with van der Waals surface area (Å²) in [5, 5.41) is 12.1. The Morgan fingerprint density at radius 3 is 2.69 bits per heavy atom. The second-order valence-corrected chi connectivity index (χ2v) is 4.72. The van der Waals surface area contributed by atoms with Crippen molar-refractivity contribution in [1.29, 1.82) is 0 Å². The molecule has 0 bridgehead atoms. The molecule has 0 aromatic carbocycles. The molecule has 0 amide bonds. The van der Waals surface area contributed by atoms with Crippen LogP contribution in [-0.4, -0.2) is 37.0 Å². The Kier molecular flexibility index (Phi) is 3.71. The van der Waals surface area contributed by atoms with Crippen LogP contribution in [0.15, 0.2) is 0 Å². The molecule has 0 aromatic rings. The van der Waals surface area contributed by atoms with Gasteiger partial charge in [0.1, 0.15) is 0 Å². The van der Waals surface area contributed by atoms with Crippen LogP contribution in [0.5, 0.6) is 0 Å². The second kappa shape index (κ2) is 4.40. The van der Waals surface area contributed by atoms with Gasteiger partial charge in [0.15, 0.2) is 0 Å². The highest BCUT2D eigenvalue weighted by Gasteiger charge is 2.36. The molecule has 78 valence electrons. The van der Waals surface area contributed by atoms with E-state index in [1.807, 2.05) is 0 Å². The molecule has 1 fully saturated rings. The van der Waals surface area contributed by atoms with Crippen molar-refractivity contribution in [2.75, 3.05) is 19.8 Å². The first-order chi connectivity index (χ1) is 6.05. The lowest BCUT2D eigenvalue weighted by Gasteiger charge is -2.32. The molecule has 1 heterocycles. The van der Waals surface area contributed by atoms with Gasteiger partial charge in [-0.1, -0.05) is 20.8 Å². The van der Waals surface area contributed by atoms with E-state index in [1.54, 1.807) is 0 Å². The lowest BCUT2D eigenvalue weighted by Crippen LogP contribution is -2.43. The van der Waals surface area contributed by atoms with Crippen molar-refractivity contribution in [2.24, 2.45) is 5.41 Å². The zero-order chi connectivity index (χ0) is 9.90. The summed E-state index contributed by atoms with van der Waals surface area (Å²) >= 11 is 0. The molecule has 1 unspecified atom stereocenters. The minimum atomic E-state index is 0.118. The van der Waals surface area contributed by atoms with E-state index in [2.05, 4.69) is 26.1 Å². The predicted octanol–water partition coefficient (Wildman–Crippen LogP) is 0.772. The van der Waals surface area contributed by atoms with E-state index in [4.69, 9.17) is 9.84 Å². The number of ether oxygens (including phenoxy) is 1. The average molecular weight is 187 g/mol. The molecule has 1 aliphatic rings. The van der Waals surface area contributed by atoms with Gasteiger partial charge in [-0.3, -0.25) is 0 Å². The molecule has 0 aliphatic carbocycles. The van der Waals surface area contributed by atoms with Crippen LogP contribution < -0.4 is 5.32 Å². The summed E-state index contributed by atoms with van der Waals surface area (Å²) in [7, 11) is 0. The molecule has 0 aromatic heterocycles. The maximum Gasteiger partial charge on any atom is 0.0746 e. The van der Waals surface area contributed by atoms with Crippen molar-refractivity contribution in [1.82, 2.24) is 5.32 Å². The van der Waals surface area contributed by atoms with Gasteiger partial charge in [0.05, 0.1) is 19.3 Å². The number of aliphatic hydroxyl groups is 1. The fourth-order valence-electron chi connectivity index (χ4n) is 1.93. The summed E-state index contributed by atoms with van der Waals surface area (Å²) in [5.41, 5.74) is 0.233. The van der Waals surface area contributed by atoms with Crippen LogP contribution in [0.25, 0.3) is 0 Å². The number of nitrogens with one attached hydrogen (secondary N) is 1. The van der Waals surface area contributed by atoms with Crippen molar-refractivity contribution < 1.29 is 9.84 Å². The van der Waals surface area contributed by atoms with E-state index in [0.29, 0.717) is 12.6 Å². The molecule has 1 rings (SSSR count). The highest BCUT2D eigenvalue weighted by Crippen LogP contribution is 2.28. The molecule has 1 aliphatic heterocycles. The van der Waals surface area contributed by atoms with E-state index in [1.165, 1.54) is 0 Å². The molecule has 2 atom stereocenters. The molecule has 0 spiro atoms. The van der Waals surface area contributed by atoms with Crippen molar-refractivity contribution in [2.45, 2.75) is 39.3 Å². The molecule has 0 saturated carbocycles. The molecular weight excluding hydrogens is 166 g/mol. The van der Waals surface area contributed by atoms with Gasteiger partial charge < -0.3 is 15.2 Å². The number of rotatable bonds is 3. The smallest absolute Gasteiger partial charge is 0.0746 e. The molecule has 13 heavy (non-hydrogen) atoms. The summed E-state index contributed by atoms with van der Waals surface area (Å²) in [4.78, 5) is 0. The Bertz CT molecular complexity index is 153. The summed E-state index contributed by atoms with van der Waals surface area (Å²) in [5.74, 6) is 0. The van der Waals surface area contributed by atoms with Gasteiger partial charge in [-0.05, 0) is 18.4 Å². The largest absolute Gasteiger partial charge is 0.394 e. The minimum absolute atomic E-state index is 0.118. The maximum atomic E-state index is 8.67. The van der Waals surface area contributed by atoms with Crippen molar-refractivity contribution in [3.63, 3.8) is 0 Å². The molecular formula is C10H21NO2. The fraction of sp³-hybridized carbons (Fsp3) is 1.00. The summed E-state index contributed by atoms with van der Waals surface area (Å²) in [6.07, 6.45) is 1.33. The van der Waals surface area contributed by atoms with Gasteiger partial charge in [0.2, 0.25) is 0 Å². The Hall–Kier alpha value is -0.120. The summed E-state index contributed by atoms with van der Waals surface area (Å²) in [6, 6.07) is 0.416. The van der Waals surface area contributed by atoms with Gasteiger partial charge in [-0.25, -0.2) is 0 Å². The minimum Gasteiger partial charge on any atom is -0.394 e. The zero-order valence-corrected chi connectivity index (χ0v) is 8.84. The topological polar surface area (TPSA) is 41.5 Å². The van der Waals surface area contributed by atoms with Crippen LogP contribution in [-0.2, 0) is 4.74 Å². The first kappa shape index (κ1) is 11.0. The number of aliphatic hydroxyl groups excluding tert-OH is 1. The molecule has 3 heteroatoms. The van der Waals surface area contributed by atoms with Crippen LogP contribution in [0.4, 0.5) is 0 Å². The van der Waals surface area contributed by atoms with Gasteiger partial charge in [0.25, 0.3) is 0 Å². The Labute approximate surface area is 80.5 Å². The third-order valence-corrected chi connectivity index (χ3v) is 2.52. The van der Waals surface area contributed by atoms with Crippen molar-refractivity contribution in [3.05, 3.63) is 0 Å². The van der Waals surface area contributed by atoms with E-state index in [-0.39, 0.29) is 18.1 Å². The summed E-state index contributed by atoms with van der Waals surface area (Å²) < 4.78 is 5.58. The zero-order valence-electron chi connectivity index (χ0n) is 8.84. The average Bonchev–Trinajstić information content (AvgIpc) is 2.47. The molecule has 2 N–H and O–H groups in total. The van der Waals surface area contributed by atoms with Gasteiger partial charge in [0, 0.05) is 6.04 Å². The Balaban J connectivity index is 2.44. The van der Waals surface area contributed by atoms with E-state index in [9.17, 15) is 0 Å². The third kappa shape index (κ3) is 2.93. The third-order valence-electron chi connectivity index (χ3n) is 2.52. The van der Waals surface area contributed by atoms with Crippen LogP contribution in [0, 0.1) is 5.41 Å². The summed E-state index contributed by atoms with van der Waals surface area (Å²) in [6.45, 7) is 8.24. The van der Waals surface area contributed by atoms with Crippen molar-refractivity contribution >= 4 is 0 Å². The molecule has 3 nitrogen and oxygen atoms in total. The maximum absolute atomic E-state index is 8.67. The second-order valence-electron chi connectivity index (χ2n) is 4.72. The standard InChI is InChI=1S/C10H21NO2/c1-10(2,3)9-8(4-5-11-9)13-7-6-12/h8-9,11-12H,4-7H2,1-3H3/t8-,9?/m1/s1. The Morgan fingerprint density at radius 2 is 2.15 bits per heavy atom. The number of hydrogen-bond acceptors (Lipinski definition) is 3. The molecule has 1 saturated heterocycles. The monoisotopic (exact) mass is 187 g/mol. The van der Waals surface area contributed by atoms with Gasteiger partial charge in [-0.2, -0.15) is 0 Å². The molecule has 0 radical (unpaired) electrons.